The zero-order valence-electron chi connectivity index (χ0n) is 11.2. The molecule has 0 aliphatic rings. The Kier molecular flexibility index (Phi) is 4.39. The first-order valence-corrected chi connectivity index (χ1v) is 7.11. The predicted octanol–water partition coefficient (Wildman–Crippen LogP) is 1.14. The number of nitrogens with zero attached hydrogens (tertiary/aromatic N) is 2. The molecule has 1 aromatic carbocycles. The highest BCUT2D eigenvalue weighted by atomic mass is 32.2. The van der Waals surface area contributed by atoms with Crippen LogP contribution in [0.5, 0.6) is 0 Å². The van der Waals surface area contributed by atoms with Gasteiger partial charge in [-0.25, -0.2) is 9.97 Å². The molecule has 0 spiro atoms. The first-order chi connectivity index (χ1) is 10.0. The van der Waals surface area contributed by atoms with Gasteiger partial charge >= 0.3 is 0 Å². The number of rotatable bonds is 5. The van der Waals surface area contributed by atoms with Gasteiger partial charge in [-0.1, -0.05) is 17.8 Å². The summed E-state index contributed by atoms with van der Waals surface area (Å²) < 4.78 is 0. The van der Waals surface area contributed by atoms with Crippen molar-refractivity contribution >= 4 is 35.1 Å². The van der Waals surface area contributed by atoms with Crippen molar-refractivity contribution in [2.45, 2.75) is 5.16 Å². The number of anilines is 2. The summed E-state index contributed by atoms with van der Waals surface area (Å²) >= 11 is 1.33. The lowest BCUT2D eigenvalue weighted by Crippen LogP contribution is -2.15. The van der Waals surface area contributed by atoms with Gasteiger partial charge in [-0.3, -0.25) is 9.59 Å². The Bertz CT molecular complexity index is 705. The molecule has 2 amide bonds. The van der Waals surface area contributed by atoms with Crippen LogP contribution in [0.2, 0.25) is 0 Å². The largest absolute Gasteiger partial charge is 0.366 e. The SMILES string of the molecule is CSc1ncc(C(N)=O)c(Nc2cccc(C(N)=O)c2)n1. The number of hydrogen-bond acceptors (Lipinski definition) is 6. The third-order valence-corrected chi connectivity index (χ3v) is 3.19. The summed E-state index contributed by atoms with van der Waals surface area (Å²) in [5, 5.41) is 3.44. The predicted molar refractivity (Wildman–Crippen MR) is 80.6 cm³/mol. The van der Waals surface area contributed by atoms with Crippen LogP contribution in [-0.4, -0.2) is 28.0 Å². The molecule has 1 heterocycles. The van der Waals surface area contributed by atoms with Crippen LogP contribution in [0, 0.1) is 0 Å². The van der Waals surface area contributed by atoms with Crippen molar-refractivity contribution in [3.63, 3.8) is 0 Å². The molecule has 0 bridgehead atoms. The zero-order valence-corrected chi connectivity index (χ0v) is 12.0. The van der Waals surface area contributed by atoms with Crippen LogP contribution in [-0.2, 0) is 0 Å². The van der Waals surface area contributed by atoms with Crippen LogP contribution in [0.15, 0.2) is 35.6 Å². The van der Waals surface area contributed by atoms with Crippen molar-refractivity contribution < 1.29 is 9.59 Å². The Morgan fingerprint density at radius 1 is 1.24 bits per heavy atom. The summed E-state index contributed by atoms with van der Waals surface area (Å²) in [5.41, 5.74) is 11.6. The van der Waals surface area contributed by atoms with Gasteiger partial charge in [-0.05, 0) is 24.5 Å². The average Bonchev–Trinajstić information content (AvgIpc) is 2.47. The molecule has 0 atom stereocenters. The van der Waals surface area contributed by atoms with Crippen molar-refractivity contribution in [2.75, 3.05) is 11.6 Å². The Morgan fingerprint density at radius 3 is 2.62 bits per heavy atom. The Hall–Kier alpha value is -2.61. The highest BCUT2D eigenvalue weighted by molar-refractivity contribution is 7.98. The lowest BCUT2D eigenvalue weighted by molar-refractivity contribution is 0.0991. The van der Waals surface area contributed by atoms with E-state index in [1.807, 2.05) is 6.26 Å². The van der Waals surface area contributed by atoms with E-state index in [0.717, 1.165) is 0 Å². The quantitative estimate of drug-likeness (QED) is 0.562. The second-order valence-corrected chi connectivity index (χ2v) is 4.83. The van der Waals surface area contributed by atoms with Crippen LogP contribution in [0.25, 0.3) is 0 Å². The molecule has 0 aliphatic carbocycles. The first-order valence-electron chi connectivity index (χ1n) is 5.89. The minimum atomic E-state index is -0.642. The highest BCUT2D eigenvalue weighted by Gasteiger charge is 2.12. The fourth-order valence-corrected chi connectivity index (χ4v) is 1.97. The summed E-state index contributed by atoms with van der Waals surface area (Å²) in [7, 11) is 0. The molecule has 0 aliphatic heterocycles. The standard InChI is InChI=1S/C13H13N5O2S/c1-21-13-16-6-9(11(15)20)12(18-13)17-8-4-2-3-7(5-8)10(14)19/h2-6H,1H3,(H2,14,19)(H2,15,20)(H,16,17,18). The second-order valence-electron chi connectivity index (χ2n) is 4.05. The third-order valence-electron chi connectivity index (χ3n) is 2.62. The highest BCUT2D eigenvalue weighted by Crippen LogP contribution is 2.21. The lowest BCUT2D eigenvalue weighted by atomic mass is 10.2. The van der Waals surface area contributed by atoms with Gasteiger partial charge in [0.2, 0.25) is 5.91 Å². The number of aromatic nitrogens is 2. The number of thioether (sulfide) groups is 1. The maximum atomic E-state index is 11.4. The van der Waals surface area contributed by atoms with E-state index in [9.17, 15) is 9.59 Å². The molecule has 0 radical (unpaired) electrons. The number of benzene rings is 1. The maximum absolute atomic E-state index is 11.4. The number of carbonyl (C=O) groups excluding carboxylic acids is 2. The number of hydrogen-bond donors (Lipinski definition) is 3. The number of carbonyl (C=O) groups is 2. The number of nitrogens with one attached hydrogen (secondary N) is 1. The molecule has 0 unspecified atom stereocenters. The molecule has 7 nitrogen and oxygen atoms in total. The number of primary amides is 2. The van der Waals surface area contributed by atoms with Gasteiger partial charge in [0.25, 0.3) is 5.91 Å². The van der Waals surface area contributed by atoms with E-state index < -0.39 is 11.8 Å². The van der Waals surface area contributed by atoms with Gasteiger partial charge in [0, 0.05) is 17.4 Å². The minimum absolute atomic E-state index is 0.164. The molecular weight excluding hydrogens is 290 g/mol. The molecule has 0 fully saturated rings. The smallest absolute Gasteiger partial charge is 0.254 e. The summed E-state index contributed by atoms with van der Waals surface area (Å²) in [5.74, 6) is -0.902. The van der Waals surface area contributed by atoms with Crippen LogP contribution < -0.4 is 16.8 Å². The summed E-state index contributed by atoms with van der Waals surface area (Å²) in [4.78, 5) is 30.8. The van der Waals surface area contributed by atoms with E-state index >= 15 is 0 Å². The Labute approximate surface area is 125 Å². The minimum Gasteiger partial charge on any atom is -0.366 e. The molecule has 2 aromatic rings. The van der Waals surface area contributed by atoms with Gasteiger partial charge in [0.1, 0.15) is 11.4 Å². The van der Waals surface area contributed by atoms with Crippen molar-refractivity contribution in [3.05, 3.63) is 41.6 Å². The number of nitrogens with two attached hydrogens (primary N) is 2. The molecule has 0 saturated carbocycles. The molecule has 108 valence electrons. The van der Waals surface area contributed by atoms with E-state index in [0.29, 0.717) is 16.4 Å². The normalized spacial score (nSPS) is 10.1. The van der Waals surface area contributed by atoms with Gasteiger partial charge in [0.15, 0.2) is 5.16 Å². The van der Waals surface area contributed by atoms with E-state index in [1.54, 1.807) is 24.3 Å². The number of amides is 2. The fourth-order valence-electron chi connectivity index (χ4n) is 1.63. The second kappa shape index (κ2) is 6.23. The Morgan fingerprint density at radius 2 is 2.00 bits per heavy atom. The topological polar surface area (TPSA) is 124 Å². The zero-order chi connectivity index (χ0) is 15.4. The molecule has 1 aromatic heterocycles. The van der Waals surface area contributed by atoms with Crippen LogP contribution in [0.1, 0.15) is 20.7 Å². The summed E-state index contributed by atoms with van der Waals surface area (Å²) in [6.07, 6.45) is 3.18. The van der Waals surface area contributed by atoms with Crippen molar-refractivity contribution in [1.82, 2.24) is 9.97 Å². The molecule has 21 heavy (non-hydrogen) atoms. The lowest BCUT2D eigenvalue weighted by Gasteiger charge is -2.10. The summed E-state index contributed by atoms with van der Waals surface area (Å²) in [6.45, 7) is 0. The van der Waals surface area contributed by atoms with Crippen LogP contribution in [0.3, 0.4) is 0 Å². The summed E-state index contributed by atoms with van der Waals surface area (Å²) in [6, 6.07) is 6.55. The molecule has 5 N–H and O–H groups in total. The van der Waals surface area contributed by atoms with E-state index in [1.165, 1.54) is 18.0 Å². The monoisotopic (exact) mass is 303 g/mol. The van der Waals surface area contributed by atoms with Gasteiger partial charge in [0.05, 0.1) is 0 Å². The van der Waals surface area contributed by atoms with E-state index in [2.05, 4.69) is 15.3 Å². The molecule has 2 rings (SSSR count). The van der Waals surface area contributed by atoms with Gasteiger partial charge in [-0.2, -0.15) is 0 Å². The fraction of sp³-hybridized carbons (Fsp3) is 0.0769. The van der Waals surface area contributed by atoms with E-state index in [4.69, 9.17) is 11.5 Å². The first kappa shape index (κ1) is 14.8. The van der Waals surface area contributed by atoms with E-state index in [-0.39, 0.29) is 11.4 Å². The Balaban J connectivity index is 2.40. The van der Waals surface area contributed by atoms with Gasteiger partial charge < -0.3 is 16.8 Å². The molecule has 0 saturated heterocycles. The van der Waals surface area contributed by atoms with Crippen LogP contribution in [0.4, 0.5) is 11.5 Å². The van der Waals surface area contributed by atoms with Crippen LogP contribution >= 0.6 is 11.8 Å². The van der Waals surface area contributed by atoms with Gasteiger partial charge in [-0.15, -0.1) is 0 Å². The average molecular weight is 303 g/mol. The molecular formula is C13H13N5O2S. The molecule has 8 heteroatoms. The van der Waals surface area contributed by atoms with Crippen molar-refractivity contribution in [2.24, 2.45) is 11.5 Å². The third kappa shape index (κ3) is 3.48. The maximum Gasteiger partial charge on any atom is 0.254 e. The van der Waals surface area contributed by atoms with Crippen molar-refractivity contribution in [3.8, 4) is 0 Å². The van der Waals surface area contributed by atoms with Crippen molar-refractivity contribution in [1.29, 1.82) is 0 Å².